The van der Waals surface area contributed by atoms with E-state index < -0.39 is 0 Å². The molecule has 0 saturated heterocycles. The Morgan fingerprint density at radius 2 is 2.08 bits per heavy atom. The molecule has 0 radical (unpaired) electrons. The summed E-state index contributed by atoms with van der Waals surface area (Å²) in [6.07, 6.45) is 0. The Balaban J connectivity index is 1.83. The Bertz CT molecular complexity index is 951. The number of nitrogens with one attached hydrogen (secondary N) is 2. The van der Waals surface area contributed by atoms with E-state index in [2.05, 4.69) is 31.6 Å². The van der Waals surface area contributed by atoms with Crippen LogP contribution in [0.4, 0.5) is 5.13 Å². The van der Waals surface area contributed by atoms with E-state index in [9.17, 15) is 10.4 Å². The number of nitrogens with zero attached hydrogens (tertiary/aromatic N) is 4. The summed E-state index contributed by atoms with van der Waals surface area (Å²) in [4.78, 5) is 7.47. The minimum Gasteiger partial charge on any atom is -0.510 e. The molecule has 2 aromatic heterocycles. The van der Waals surface area contributed by atoms with Gasteiger partial charge in [-0.05, 0) is 32.9 Å². The molecule has 0 amide bonds. The molecule has 9 heteroatoms. The maximum Gasteiger partial charge on any atom is 0.206 e. The Kier molecular flexibility index (Phi) is 5.44. The van der Waals surface area contributed by atoms with Crippen molar-refractivity contribution in [3.63, 3.8) is 0 Å². The van der Waals surface area contributed by atoms with Crippen LogP contribution in [0.3, 0.4) is 0 Å². The number of aromatic amines is 1. The second-order valence-corrected chi connectivity index (χ2v) is 8.47. The predicted molar refractivity (Wildman–Crippen MR) is 105 cm³/mol. The number of anilines is 1. The van der Waals surface area contributed by atoms with Gasteiger partial charge in [-0.25, -0.2) is 4.98 Å². The van der Waals surface area contributed by atoms with Gasteiger partial charge in [-0.3, -0.25) is 0 Å². The molecule has 0 saturated carbocycles. The monoisotopic (exact) mass is 386 g/mol. The molecule has 0 bridgehead atoms. The Morgan fingerprint density at radius 1 is 1.31 bits per heavy atom. The number of rotatable bonds is 6. The molecule has 3 rings (SSSR count). The summed E-state index contributed by atoms with van der Waals surface area (Å²) in [7, 11) is 0. The van der Waals surface area contributed by atoms with E-state index >= 15 is 0 Å². The maximum atomic E-state index is 10.6. The van der Waals surface area contributed by atoms with E-state index in [0.717, 1.165) is 16.2 Å². The summed E-state index contributed by atoms with van der Waals surface area (Å²) < 4.78 is 0.717. The van der Waals surface area contributed by atoms with Gasteiger partial charge in [0.15, 0.2) is 10.2 Å². The lowest BCUT2D eigenvalue weighted by Crippen LogP contribution is -2.08. The van der Waals surface area contributed by atoms with E-state index in [0.29, 0.717) is 10.2 Å². The summed E-state index contributed by atoms with van der Waals surface area (Å²) in [6, 6.07) is 9.81. The number of H-pyrrole nitrogens is 1. The van der Waals surface area contributed by atoms with Gasteiger partial charge in [0.2, 0.25) is 5.13 Å². The van der Waals surface area contributed by atoms with E-state index in [1.54, 1.807) is 0 Å². The van der Waals surface area contributed by atoms with Gasteiger partial charge in [-0.1, -0.05) is 35.2 Å². The third-order valence-corrected chi connectivity index (χ3v) is 5.52. The molecule has 0 spiro atoms. The van der Waals surface area contributed by atoms with Gasteiger partial charge in [0.25, 0.3) is 0 Å². The van der Waals surface area contributed by atoms with Crippen molar-refractivity contribution in [3.8, 4) is 6.07 Å². The molecule has 26 heavy (non-hydrogen) atoms. The Labute approximate surface area is 159 Å². The van der Waals surface area contributed by atoms with Crippen molar-refractivity contribution in [1.29, 1.82) is 5.26 Å². The van der Waals surface area contributed by atoms with Crippen molar-refractivity contribution >= 4 is 44.8 Å². The Hall–Kier alpha value is -2.57. The number of imidazole rings is 1. The van der Waals surface area contributed by atoms with Crippen LogP contribution >= 0.6 is 23.1 Å². The highest BCUT2D eigenvalue weighted by molar-refractivity contribution is 8.01. The summed E-state index contributed by atoms with van der Waals surface area (Å²) in [6.45, 7) is 5.87. The van der Waals surface area contributed by atoms with Gasteiger partial charge in [0.1, 0.15) is 17.4 Å². The normalized spacial score (nSPS) is 13.5. The number of aromatic nitrogens is 4. The number of hydrogen-bond acceptors (Lipinski definition) is 8. The van der Waals surface area contributed by atoms with Gasteiger partial charge < -0.3 is 15.4 Å². The molecule has 0 aliphatic rings. The summed E-state index contributed by atoms with van der Waals surface area (Å²) in [5, 5.41) is 31.9. The van der Waals surface area contributed by atoms with Crippen LogP contribution in [0.25, 0.3) is 16.6 Å². The zero-order valence-corrected chi connectivity index (χ0v) is 16.1. The van der Waals surface area contributed by atoms with Crippen molar-refractivity contribution in [3.05, 3.63) is 35.8 Å². The maximum absolute atomic E-state index is 10.6. The lowest BCUT2D eigenvalue weighted by atomic mass is 10.2. The third-order valence-electron chi connectivity index (χ3n) is 3.48. The highest BCUT2D eigenvalue weighted by Gasteiger charge is 2.20. The fourth-order valence-corrected chi connectivity index (χ4v) is 4.38. The van der Waals surface area contributed by atoms with Gasteiger partial charge in [0, 0.05) is 6.04 Å². The molecule has 7 nitrogen and oxygen atoms in total. The fourth-order valence-electron chi connectivity index (χ4n) is 2.28. The SMILES string of the molecule is CC(C)Nc1nnc(SC(C)/C(O)=C(\C#N)c2nc3ccccc3[nH]2)s1. The first-order chi connectivity index (χ1) is 12.5. The van der Waals surface area contributed by atoms with Crippen molar-refractivity contribution < 1.29 is 5.11 Å². The number of para-hydroxylation sites is 2. The van der Waals surface area contributed by atoms with E-state index in [4.69, 9.17) is 0 Å². The molecule has 3 aromatic rings. The number of allylic oxidation sites excluding steroid dienone is 1. The first-order valence-corrected chi connectivity index (χ1v) is 9.72. The zero-order chi connectivity index (χ0) is 18.7. The summed E-state index contributed by atoms with van der Waals surface area (Å²) >= 11 is 2.76. The minimum atomic E-state index is -0.363. The van der Waals surface area contributed by atoms with E-state index in [-0.39, 0.29) is 22.6 Å². The minimum absolute atomic E-state index is 0.0369. The first-order valence-electron chi connectivity index (χ1n) is 8.03. The second-order valence-electron chi connectivity index (χ2n) is 5.91. The average Bonchev–Trinajstić information content (AvgIpc) is 3.21. The number of hydrogen-bond donors (Lipinski definition) is 3. The number of aliphatic hydroxyl groups is 1. The zero-order valence-electron chi connectivity index (χ0n) is 14.5. The average molecular weight is 387 g/mol. The largest absolute Gasteiger partial charge is 0.510 e. The lowest BCUT2D eigenvalue weighted by molar-refractivity contribution is 0.402. The first kappa shape index (κ1) is 18.2. The van der Waals surface area contributed by atoms with Crippen LogP contribution in [0.1, 0.15) is 26.6 Å². The van der Waals surface area contributed by atoms with Crippen molar-refractivity contribution in [2.45, 2.75) is 36.4 Å². The second kappa shape index (κ2) is 7.76. The van der Waals surface area contributed by atoms with Gasteiger partial charge in [-0.15, -0.1) is 10.2 Å². The highest BCUT2D eigenvalue weighted by Crippen LogP contribution is 2.33. The molecule has 1 atom stereocenters. The van der Waals surface area contributed by atoms with Crippen LogP contribution < -0.4 is 5.32 Å². The molecule has 1 aromatic carbocycles. The van der Waals surface area contributed by atoms with Crippen LogP contribution in [0.5, 0.6) is 0 Å². The topological polar surface area (TPSA) is 111 Å². The standard InChI is InChI=1S/C17H18N6OS2/c1-9(2)19-16-22-23-17(26-16)25-10(3)14(24)11(8-18)15-20-12-6-4-5-7-13(12)21-15/h4-7,9-10,24H,1-3H3,(H,19,22)(H,20,21)/b14-11-. The number of fused-ring (bicyclic) bond motifs is 1. The van der Waals surface area contributed by atoms with Crippen LogP contribution in [0, 0.1) is 11.3 Å². The van der Waals surface area contributed by atoms with E-state index in [1.807, 2.05) is 45.0 Å². The predicted octanol–water partition coefficient (Wildman–Crippen LogP) is 4.21. The molecule has 0 fully saturated rings. The number of thioether (sulfide) groups is 1. The molecule has 3 N–H and O–H groups in total. The number of aliphatic hydroxyl groups excluding tert-OH is 1. The van der Waals surface area contributed by atoms with Gasteiger partial charge in [0.05, 0.1) is 16.3 Å². The molecule has 1 unspecified atom stereocenters. The van der Waals surface area contributed by atoms with Crippen LogP contribution in [-0.2, 0) is 0 Å². The van der Waals surface area contributed by atoms with E-state index in [1.165, 1.54) is 23.1 Å². The molecular formula is C17H18N6OS2. The summed E-state index contributed by atoms with van der Waals surface area (Å²) in [5.41, 5.74) is 1.69. The van der Waals surface area contributed by atoms with Crippen molar-refractivity contribution in [2.24, 2.45) is 0 Å². The van der Waals surface area contributed by atoms with Crippen LogP contribution in [0.15, 0.2) is 34.4 Å². The van der Waals surface area contributed by atoms with Gasteiger partial charge in [-0.2, -0.15) is 5.26 Å². The molecule has 134 valence electrons. The van der Waals surface area contributed by atoms with Gasteiger partial charge >= 0.3 is 0 Å². The quantitative estimate of drug-likeness (QED) is 0.331. The highest BCUT2D eigenvalue weighted by atomic mass is 32.2. The third kappa shape index (κ3) is 3.98. The Morgan fingerprint density at radius 3 is 2.77 bits per heavy atom. The molecule has 0 aliphatic heterocycles. The van der Waals surface area contributed by atoms with Crippen LogP contribution in [0.2, 0.25) is 0 Å². The van der Waals surface area contributed by atoms with Crippen LogP contribution in [-0.4, -0.2) is 36.6 Å². The summed E-state index contributed by atoms with van der Waals surface area (Å²) in [5.74, 6) is 0.322. The van der Waals surface area contributed by atoms with Crippen molar-refractivity contribution in [1.82, 2.24) is 20.2 Å². The number of benzene rings is 1. The lowest BCUT2D eigenvalue weighted by Gasteiger charge is -2.09. The number of nitriles is 1. The molecule has 0 aliphatic carbocycles. The molecule has 2 heterocycles. The fraction of sp³-hybridized carbons (Fsp3) is 0.294. The smallest absolute Gasteiger partial charge is 0.206 e. The van der Waals surface area contributed by atoms with Crippen molar-refractivity contribution in [2.75, 3.05) is 5.32 Å². The molecular weight excluding hydrogens is 368 g/mol.